The maximum atomic E-state index is 11.5. The van der Waals surface area contributed by atoms with Gasteiger partial charge in [-0.3, -0.25) is 4.79 Å². The van der Waals surface area contributed by atoms with Gasteiger partial charge in [0.1, 0.15) is 0 Å². The van der Waals surface area contributed by atoms with Crippen molar-refractivity contribution in [1.82, 2.24) is 8.52 Å². The average Bonchev–Trinajstić information content (AvgIpc) is 2.43. The molecular formula is C9H12N2O2S. The van der Waals surface area contributed by atoms with Crippen LogP contribution in [0.3, 0.4) is 0 Å². The van der Waals surface area contributed by atoms with Crippen LogP contribution in [0, 0.1) is 12.3 Å². The third-order valence-corrected chi connectivity index (χ3v) is 2.75. The second-order valence-corrected chi connectivity index (χ2v) is 3.86. The molecule has 5 heteroatoms. The van der Waals surface area contributed by atoms with Crippen LogP contribution in [0.1, 0.15) is 19.8 Å². The number of aryl methyl sites for hydroxylation is 1. The van der Waals surface area contributed by atoms with Crippen LogP contribution < -0.4 is 10.6 Å². The number of aromatic nitrogens is 2. The summed E-state index contributed by atoms with van der Waals surface area (Å²) in [4.78, 5) is 22.5. The molecule has 0 atom stereocenters. The van der Waals surface area contributed by atoms with E-state index < -0.39 is 0 Å². The summed E-state index contributed by atoms with van der Waals surface area (Å²) in [6.07, 6.45) is 6.95. The number of hydrogen-bond donors (Lipinski definition) is 0. The smallest absolute Gasteiger partial charge is 0.255 e. The Kier molecular flexibility index (Phi) is 3.72. The van der Waals surface area contributed by atoms with E-state index in [1.165, 1.54) is 3.96 Å². The topological polar surface area (TPSA) is 44.0 Å². The number of terminal acetylenes is 1. The Balaban J connectivity index is 3.00. The standard InChI is InChI=1S/C9H12N2O2S/c1-3-5-7-11-8(12)10(6-4-2)9(13)14-11/h2H,3,5-7H2,1H3. The molecule has 0 saturated carbocycles. The third-order valence-electron chi connectivity index (χ3n) is 1.82. The van der Waals surface area contributed by atoms with E-state index in [0.29, 0.717) is 6.54 Å². The van der Waals surface area contributed by atoms with E-state index in [0.717, 1.165) is 28.9 Å². The first-order valence-corrected chi connectivity index (χ1v) is 5.22. The first kappa shape index (κ1) is 10.8. The molecule has 1 aromatic heterocycles. The van der Waals surface area contributed by atoms with Crippen molar-refractivity contribution in [3.63, 3.8) is 0 Å². The lowest BCUT2D eigenvalue weighted by Crippen LogP contribution is -2.28. The fourth-order valence-electron chi connectivity index (χ4n) is 1.06. The highest BCUT2D eigenvalue weighted by molar-refractivity contribution is 7.03. The zero-order chi connectivity index (χ0) is 10.6. The van der Waals surface area contributed by atoms with Gasteiger partial charge in [0.15, 0.2) is 0 Å². The van der Waals surface area contributed by atoms with Gasteiger partial charge in [-0.05, 0) is 6.42 Å². The molecule has 0 radical (unpaired) electrons. The van der Waals surface area contributed by atoms with Gasteiger partial charge in [-0.1, -0.05) is 19.3 Å². The first-order chi connectivity index (χ1) is 6.70. The van der Waals surface area contributed by atoms with Gasteiger partial charge in [-0.25, -0.2) is 13.3 Å². The van der Waals surface area contributed by atoms with Gasteiger partial charge < -0.3 is 0 Å². The monoisotopic (exact) mass is 212 g/mol. The molecule has 4 nitrogen and oxygen atoms in total. The second-order valence-electron chi connectivity index (χ2n) is 2.89. The summed E-state index contributed by atoms with van der Waals surface area (Å²) in [5.74, 6) is 2.29. The van der Waals surface area contributed by atoms with Gasteiger partial charge in [0.2, 0.25) is 0 Å². The predicted octanol–water partition coefficient (Wildman–Crippen LogP) is 0.505. The fraction of sp³-hybridized carbons (Fsp3) is 0.556. The largest absolute Gasteiger partial charge is 0.342 e. The van der Waals surface area contributed by atoms with Crippen molar-refractivity contribution in [3.8, 4) is 12.3 Å². The maximum absolute atomic E-state index is 11.5. The summed E-state index contributed by atoms with van der Waals surface area (Å²) < 4.78 is 2.55. The van der Waals surface area contributed by atoms with Crippen LogP contribution >= 0.6 is 11.5 Å². The SMILES string of the molecule is C#CCn1c(=O)sn(CCCC)c1=O. The summed E-state index contributed by atoms with van der Waals surface area (Å²) in [6.45, 7) is 2.70. The number of hydrogen-bond acceptors (Lipinski definition) is 3. The molecular weight excluding hydrogens is 200 g/mol. The Hall–Kier alpha value is -1.28. The third kappa shape index (κ3) is 2.15. The lowest BCUT2D eigenvalue weighted by atomic mass is 10.3. The van der Waals surface area contributed by atoms with Gasteiger partial charge >= 0.3 is 10.6 Å². The Morgan fingerprint density at radius 2 is 2.21 bits per heavy atom. The van der Waals surface area contributed by atoms with Crippen molar-refractivity contribution >= 4 is 11.5 Å². The van der Waals surface area contributed by atoms with Crippen molar-refractivity contribution in [2.75, 3.05) is 0 Å². The Morgan fingerprint density at radius 1 is 1.50 bits per heavy atom. The minimum absolute atomic E-state index is 0.0628. The van der Waals surface area contributed by atoms with Crippen molar-refractivity contribution in [2.24, 2.45) is 0 Å². The molecule has 1 rings (SSSR count). The highest BCUT2D eigenvalue weighted by Crippen LogP contribution is 1.93. The van der Waals surface area contributed by atoms with Gasteiger partial charge in [-0.2, -0.15) is 0 Å². The van der Waals surface area contributed by atoms with Crippen LogP contribution in [-0.2, 0) is 13.1 Å². The molecule has 0 bridgehead atoms. The van der Waals surface area contributed by atoms with Crippen molar-refractivity contribution < 1.29 is 0 Å². The molecule has 1 aromatic rings. The van der Waals surface area contributed by atoms with E-state index in [9.17, 15) is 9.59 Å². The van der Waals surface area contributed by atoms with E-state index >= 15 is 0 Å². The molecule has 0 fully saturated rings. The van der Waals surface area contributed by atoms with Crippen molar-refractivity contribution in [1.29, 1.82) is 0 Å². The highest BCUT2D eigenvalue weighted by Gasteiger charge is 2.07. The van der Waals surface area contributed by atoms with Crippen molar-refractivity contribution in [3.05, 3.63) is 20.2 Å². The molecule has 0 aliphatic carbocycles. The second kappa shape index (κ2) is 4.82. The van der Waals surface area contributed by atoms with E-state index in [1.54, 1.807) is 0 Å². The molecule has 0 amide bonds. The summed E-state index contributed by atoms with van der Waals surface area (Å²) >= 11 is 0.937. The molecule has 0 unspecified atom stereocenters. The molecule has 0 saturated heterocycles. The quantitative estimate of drug-likeness (QED) is 0.682. The Bertz CT molecular complexity index is 447. The van der Waals surface area contributed by atoms with Gasteiger partial charge in [-0.15, -0.1) is 6.42 Å². The zero-order valence-corrected chi connectivity index (χ0v) is 8.84. The average molecular weight is 212 g/mol. The van der Waals surface area contributed by atoms with Gasteiger partial charge in [0.05, 0.1) is 6.54 Å². The summed E-state index contributed by atoms with van der Waals surface area (Å²) in [5, 5.41) is 0. The van der Waals surface area contributed by atoms with E-state index in [-0.39, 0.29) is 17.1 Å². The number of unbranched alkanes of at least 4 members (excludes halogenated alkanes) is 1. The van der Waals surface area contributed by atoms with Crippen LogP contribution in [0.4, 0.5) is 0 Å². The van der Waals surface area contributed by atoms with Crippen LogP contribution in [0.5, 0.6) is 0 Å². The van der Waals surface area contributed by atoms with Crippen LogP contribution in [0.15, 0.2) is 9.59 Å². The van der Waals surface area contributed by atoms with Crippen LogP contribution in [0.25, 0.3) is 0 Å². The molecule has 0 aliphatic heterocycles. The molecule has 0 aromatic carbocycles. The molecule has 0 aliphatic rings. The molecule has 14 heavy (non-hydrogen) atoms. The maximum Gasteiger partial charge on any atom is 0.342 e. The normalized spacial score (nSPS) is 10.0. The minimum Gasteiger partial charge on any atom is -0.255 e. The predicted molar refractivity (Wildman–Crippen MR) is 56.6 cm³/mol. The van der Waals surface area contributed by atoms with Gasteiger partial charge in [0, 0.05) is 18.1 Å². The van der Waals surface area contributed by atoms with E-state index in [4.69, 9.17) is 6.42 Å². The Labute approximate surface area is 85.9 Å². The minimum atomic E-state index is -0.286. The molecule has 1 heterocycles. The first-order valence-electron chi connectivity index (χ1n) is 4.45. The van der Waals surface area contributed by atoms with E-state index in [1.807, 2.05) is 6.92 Å². The molecule has 76 valence electrons. The van der Waals surface area contributed by atoms with E-state index in [2.05, 4.69) is 5.92 Å². The summed E-state index contributed by atoms with van der Waals surface area (Å²) in [7, 11) is 0. The lowest BCUT2D eigenvalue weighted by molar-refractivity contribution is 0.620. The molecule has 0 spiro atoms. The zero-order valence-electron chi connectivity index (χ0n) is 8.02. The highest BCUT2D eigenvalue weighted by atomic mass is 32.1. The van der Waals surface area contributed by atoms with Crippen LogP contribution in [-0.4, -0.2) is 8.52 Å². The fourth-order valence-corrected chi connectivity index (χ4v) is 1.89. The molecule has 0 N–H and O–H groups in total. The summed E-state index contributed by atoms with van der Waals surface area (Å²) in [6, 6.07) is 0. The van der Waals surface area contributed by atoms with Crippen LogP contribution in [0.2, 0.25) is 0 Å². The Morgan fingerprint density at radius 3 is 2.79 bits per heavy atom. The number of nitrogens with zero attached hydrogens (tertiary/aromatic N) is 2. The summed E-state index contributed by atoms with van der Waals surface area (Å²) in [5.41, 5.74) is -0.286. The number of rotatable bonds is 4. The van der Waals surface area contributed by atoms with Crippen molar-refractivity contribution in [2.45, 2.75) is 32.9 Å². The lowest BCUT2D eigenvalue weighted by Gasteiger charge is -1.95. The van der Waals surface area contributed by atoms with Gasteiger partial charge in [0.25, 0.3) is 0 Å².